The van der Waals surface area contributed by atoms with E-state index in [1.54, 1.807) is 24.3 Å². The Labute approximate surface area is 180 Å². The number of para-hydroxylation sites is 1. The molecule has 0 aliphatic carbocycles. The molecule has 1 aromatic heterocycles. The van der Waals surface area contributed by atoms with Gasteiger partial charge in [0.2, 0.25) is 0 Å². The highest BCUT2D eigenvalue weighted by molar-refractivity contribution is 6.30. The Kier molecular flexibility index (Phi) is 7.00. The molecule has 158 valence electrons. The number of carbonyl (C=O) groups is 1. The lowest BCUT2D eigenvalue weighted by atomic mass is 10.1. The van der Waals surface area contributed by atoms with Gasteiger partial charge in [-0.3, -0.25) is 4.79 Å². The highest BCUT2D eigenvalue weighted by Gasteiger charge is 2.20. The van der Waals surface area contributed by atoms with Gasteiger partial charge in [-0.25, -0.2) is 4.79 Å². The normalized spacial score (nSPS) is 11.9. The predicted octanol–water partition coefficient (Wildman–Crippen LogP) is 5.27. The van der Waals surface area contributed by atoms with Crippen molar-refractivity contribution in [1.29, 1.82) is 0 Å². The first kappa shape index (κ1) is 21.7. The van der Waals surface area contributed by atoms with E-state index >= 15 is 0 Å². The lowest BCUT2D eigenvalue weighted by Gasteiger charge is -2.22. The molecular formula is C23H24ClNO5. The second kappa shape index (κ2) is 9.67. The number of anilines is 2. The van der Waals surface area contributed by atoms with Crippen LogP contribution in [0.25, 0.3) is 11.0 Å². The number of ether oxygens (including phenoxy) is 2. The van der Waals surface area contributed by atoms with E-state index in [4.69, 9.17) is 25.5 Å². The molecule has 3 aromatic rings. The second-order valence-electron chi connectivity index (χ2n) is 6.87. The molecule has 3 rings (SSSR count). The molecule has 7 heteroatoms. The Morgan fingerprint density at radius 3 is 2.67 bits per heavy atom. The van der Waals surface area contributed by atoms with E-state index in [1.165, 1.54) is 13.2 Å². The van der Waals surface area contributed by atoms with Crippen molar-refractivity contribution in [2.45, 2.75) is 31.6 Å². The van der Waals surface area contributed by atoms with Crippen LogP contribution in [-0.4, -0.2) is 25.5 Å². The number of unbranched alkanes of at least 4 members (excludes halogenated alkanes) is 1. The Morgan fingerprint density at radius 2 is 1.93 bits per heavy atom. The summed E-state index contributed by atoms with van der Waals surface area (Å²) < 4.78 is 16.1. The van der Waals surface area contributed by atoms with Gasteiger partial charge in [0.05, 0.1) is 12.8 Å². The highest BCUT2D eigenvalue weighted by atomic mass is 35.5. The molecule has 0 amide bonds. The fraction of sp³-hybridized carbons (Fsp3) is 0.304. The van der Waals surface area contributed by atoms with Crippen LogP contribution in [0.3, 0.4) is 0 Å². The monoisotopic (exact) mass is 429 g/mol. The van der Waals surface area contributed by atoms with Crippen molar-refractivity contribution in [3.63, 3.8) is 0 Å². The molecule has 0 radical (unpaired) electrons. The second-order valence-corrected chi connectivity index (χ2v) is 7.40. The van der Waals surface area contributed by atoms with Gasteiger partial charge in [-0.2, -0.15) is 0 Å². The lowest BCUT2D eigenvalue weighted by Crippen LogP contribution is -2.21. The first-order chi connectivity index (χ1) is 14.4. The van der Waals surface area contributed by atoms with Crippen molar-refractivity contribution >= 4 is 39.9 Å². The SMILES string of the molecule is CCCCC(Cl)C(=O)Oc1cc(N(C)c2cc(=O)oc3ccccc23)ccc1OC. The molecule has 1 unspecified atom stereocenters. The number of hydrogen-bond acceptors (Lipinski definition) is 6. The molecule has 0 saturated heterocycles. The molecule has 0 saturated carbocycles. The van der Waals surface area contributed by atoms with E-state index in [1.807, 2.05) is 37.1 Å². The minimum atomic E-state index is -0.723. The number of esters is 1. The zero-order chi connectivity index (χ0) is 21.7. The largest absolute Gasteiger partial charge is 0.493 e. The predicted molar refractivity (Wildman–Crippen MR) is 118 cm³/mol. The topological polar surface area (TPSA) is 69.0 Å². The van der Waals surface area contributed by atoms with Crippen LogP contribution >= 0.6 is 11.6 Å². The van der Waals surface area contributed by atoms with Gasteiger partial charge in [0.1, 0.15) is 11.0 Å². The fourth-order valence-corrected chi connectivity index (χ4v) is 3.34. The quantitative estimate of drug-likeness (QED) is 0.210. The number of methoxy groups -OCH3 is 1. The summed E-state index contributed by atoms with van der Waals surface area (Å²) in [4.78, 5) is 26.2. The van der Waals surface area contributed by atoms with Crippen LogP contribution in [0.5, 0.6) is 11.5 Å². The molecule has 1 heterocycles. The number of carbonyl (C=O) groups excluding carboxylic acids is 1. The smallest absolute Gasteiger partial charge is 0.338 e. The maximum Gasteiger partial charge on any atom is 0.338 e. The van der Waals surface area contributed by atoms with Gasteiger partial charge < -0.3 is 18.8 Å². The summed E-state index contributed by atoms with van der Waals surface area (Å²) in [6, 6.07) is 13.9. The van der Waals surface area contributed by atoms with E-state index in [9.17, 15) is 9.59 Å². The van der Waals surface area contributed by atoms with E-state index in [0.717, 1.165) is 18.2 Å². The molecule has 0 bridgehead atoms. The number of fused-ring (bicyclic) bond motifs is 1. The molecular weight excluding hydrogens is 406 g/mol. The van der Waals surface area contributed by atoms with Crippen LogP contribution in [0.15, 0.2) is 57.7 Å². The van der Waals surface area contributed by atoms with Gasteiger partial charge in [-0.15, -0.1) is 11.6 Å². The fourth-order valence-electron chi connectivity index (χ4n) is 3.14. The van der Waals surface area contributed by atoms with Crippen molar-refractivity contribution in [3.8, 4) is 11.5 Å². The number of alkyl halides is 1. The van der Waals surface area contributed by atoms with Crippen molar-refractivity contribution in [2.75, 3.05) is 19.1 Å². The van der Waals surface area contributed by atoms with Gasteiger partial charge in [-0.05, 0) is 30.7 Å². The van der Waals surface area contributed by atoms with E-state index in [-0.39, 0.29) is 5.75 Å². The third kappa shape index (κ3) is 4.76. The minimum absolute atomic E-state index is 0.265. The van der Waals surface area contributed by atoms with Gasteiger partial charge in [0.15, 0.2) is 11.5 Å². The third-order valence-corrected chi connectivity index (χ3v) is 5.20. The Morgan fingerprint density at radius 1 is 1.17 bits per heavy atom. The third-order valence-electron chi connectivity index (χ3n) is 4.80. The van der Waals surface area contributed by atoms with Crippen molar-refractivity contribution in [2.24, 2.45) is 0 Å². The average molecular weight is 430 g/mol. The molecule has 2 aromatic carbocycles. The van der Waals surface area contributed by atoms with E-state index < -0.39 is 17.0 Å². The zero-order valence-electron chi connectivity index (χ0n) is 17.2. The average Bonchev–Trinajstić information content (AvgIpc) is 2.76. The van der Waals surface area contributed by atoms with Crippen molar-refractivity contribution < 1.29 is 18.7 Å². The first-order valence-electron chi connectivity index (χ1n) is 9.75. The van der Waals surface area contributed by atoms with Gasteiger partial charge in [0, 0.05) is 30.3 Å². The summed E-state index contributed by atoms with van der Waals surface area (Å²) in [5.74, 6) is 0.160. The molecule has 1 atom stereocenters. The lowest BCUT2D eigenvalue weighted by molar-refractivity contribution is -0.134. The van der Waals surface area contributed by atoms with Crippen LogP contribution in [0.2, 0.25) is 0 Å². The standard InChI is InChI=1S/C23H24ClNO5/c1-4-5-9-17(24)23(27)30-21-13-15(11-12-20(21)28-3)25(2)18-14-22(26)29-19-10-7-6-8-16(18)19/h6-8,10-14,17H,4-5,9H2,1-3H3. The maximum absolute atomic E-state index is 12.4. The summed E-state index contributed by atoms with van der Waals surface area (Å²) in [5, 5.41) is 0.0630. The van der Waals surface area contributed by atoms with E-state index in [2.05, 4.69) is 0 Å². The van der Waals surface area contributed by atoms with Crippen LogP contribution < -0.4 is 20.0 Å². The molecule has 0 spiro atoms. The molecule has 6 nitrogen and oxygen atoms in total. The van der Waals surface area contributed by atoms with Crippen molar-refractivity contribution in [1.82, 2.24) is 0 Å². The molecule has 0 N–H and O–H groups in total. The number of halogens is 1. The number of rotatable bonds is 8. The molecule has 0 aliphatic rings. The molecule has 0 fully saturated rings. The van der Waals surface area contributed by atoms with Crippen molar-refractivity contribution in [3.05, 3.63) is 59.0 Å². The number of nitrogens with zero attached hydrogens (tertiary/aromatic N) is 1. The van der Waals surface area contributed by atoms with Gasteiger partial charge in [0.25, 0.3) is 0 Å². The summed E-state index contributed by atoms with van der Waals surface area (Å²) in [7, 11) is 3.32. The maximum atomic E-state index is 12.4. The summed E-state index contributed by atoms with van der Waals surface area (Å²) in [5.41, 5.74) is 1.42. The Bertz CT molecular complexity index is 1090. The zero-order valence-corrected chi connectivity index (χ0v) is 17.9. The van der Waals surface area contributed by atoms with Crippen LogP contribution in [0.1, 0.15) is 26.2 Å². The van der Waals surface area contributed by atoms with Crippen LogP contribution in [0.4, 0.5) is 11.4 Å². The first-order valence-corrected chi connectivity index (χ1v) is 10.2. The van der Waals surface area contributed by atoms with E-state index in [0.29, 0.717) is 29.1 Å². The molecule has 30 heavy (non-hydrogen) atoms. The molecule has 0 aliphatic heterocycles. The van der Waals surface area contributed by atoms with Crippen LogP contribution in [0, 0.1) is 0 Å². The Hall–Kier alpha value is -2.99. The van der Waals surface area contributed by atoms with Gasteiger partial charge in [-0.1, -0.05) is 31.9 Å². The minimum Gasteiger partial charge on any atom is -0.493 e. The Balaban J connectivity index is 1.95. The van der Waals surface area contributed by atoms with Crippen LogP contribution in [-0.2, 0) is 4.79 Å². The highest BCUT2D eigenvalue weighted by Crippen LogP contribution is 2.36. The summed E-state index contributed by atoms with van der Waals surface area (Å²) >= 11 is 6.17. The summed E-state index contributed by atoms with van der Waals surface area (Å²) in [6.45, 7) is 2.03. The number of hydrogen-bond donors (Lipinski definition) is 0. The summed E-state index contributed by atoms with van der Waals surface area (Å²) in [6.07, 6.45) is 2.33. The number of benzene rings is 2. The van der Waals surface area contributed by atoms with Gasteiger partial charge >= 0.3 is 11.6 Å².